The lowest BCUT2D eigenvalue weighted by Gasteiger charge is -2.14. The van der Waals surface area contributed by atoms with Crippen LogP contribution < -0.4 is 10.2 Å². The first kappa shape index (κ1) is 13.8. The Morgan fingerprint density at radius 2 is 2.14 bits per heavy atom. The van der Waals surface area contributed by atoms with Gasteiger partial charge in [0.05, 0.1) is 5.69 Å². The Hall–Kier alpha value is -2.21. The molecule has 108 valence electrons. The van der Waals surface area contributed by atoms with Gasteiger partial charge in [-0.25, -0.2) is 4.98 Å². The molecule has 0 bridgehead atoms. The number of thiazole rings is 1. The summed E-state index contributed by atoms with van der Waals surface area (Å²) in [7, 11) is 0. The van der Waals surface area contributed by atoms with Gasteiger partial charge >= 0.3 is 0 Å². The van der Waals surface area contributed by atoms with E-state index in [1.54, 1.807) is 11.8 Å². The summed E-state index contributed by atoms with van der Waals surface area (Å²) in [6, 6.07) is 6.01. The topological polar surface area (TPSA) is 62.3 Å². The zero-order valence-electron chi connectivity index (χ0n) is 11.8. The molecule has 21 heavy (non-hydrogen) atoms. The molecule has 0 unspecified atom stereocenters. The Labute approximate surface area is 126 Å². The van der Waals surface area contributed by atoms with Crippen molar-refractivity contribution in [2.75, 3.05) is 16.8 Å². The highest BCUT2D eigenvalue weighted by Crippen LogP contribution is 2.33. The van der Waals surface area contributed by atoms with Gasteiger partial charge < -0.3 is 10.2 Å². The monoisotopic (exact) mass is 301 g/mol. The minimum Gasteiger partial charge on any atom is -0.312 e. The van der Waals surface area contributed by atoms with Crippen LogP contribution in [-0.2, 0) is 16.0 Å². The first-order chi connectivity index (χ1) is 10.0. The first-order valence-electron chi connectivity index (χ1n) is 6.69. The van der Waals surface area contributed by atoms with E-state index in [1.165, 1.54) is 18.3 Å². The maximum Gasteiger partial charge on any atom is 0.223 e. The molecule has 0 aliphatic carbocycles. The highest BCUT2D eigenvalue weighted by Gasteiger charge is 2.22. The summed E-state index contributed by atoms with van der Waals surface area (Å²) in [6.45, 7) is 3.79. The highest BCUT2D eigenvalue weighted by molar-refractivity contribution is 7.14. The van der Waals surface area contributed by atoms with E-state index in [9.17, 15) is 9.59 Å². The molecule has 2 heterocycles. The van der Waals surface area contributed by atoms with Gasteiger partial charge in [0.15, 0.2) is 5.13 Å². The van der Waals surface area contributed by atoms with Crippen LogP contribution in [0.5, 0.6) is 0 Å². The van der Waals surface area contributed by atoms with Gasteiger partial charge in [0, 0.05) is 37.0 Å². The quantitative estimate of drug-likeness (QED) is 0.927. The number of nitrogens with zero attached hydrogens (tertiary/aromatic N) is 2. The van der Waals surface area contributed by atoms with Crippen LogP contribution in [0.4, 0.5) is 10.8 Å². The molecule has 0 saturated carbocycles. The van der Waals surface area contributed by atoms with Crippen LogP contribution >= 0.6 is 11.3 Å². The summed E-state index contributed by atoms with van der Waals surface area (Å²) < 4.78 is 0. The molecule has 1 N–H and O–H groups in total. The van der Waals surface area contributed by atoms with Gasteiger partial charge in [-0.2, -0.15) is 0 Å². The molecule has 0 atom stereocenters. The Bertz CT molecular complexity index is 723. The summed E-state index contributed by atoms with van der Waals surface area (Å²) in [4.78, 5) is 28.8. The van der Waals surface area contributed by atoms with E-state index in [-0.39, 0.29) is 11.8 Å². The standard InChI is InChI=1S/C15H15N3O2S/c1-9(19)16-15-17-13(8-21-15)11-3-4-14-12(7-11)5-6-18(14)10(2)20/h3-4,7-8H,5-6H2,1-2H3,(H,16,17,19). The van der Waals surface area contributed by atoms with Crippen molar-refractivity contribution in [3.63, 3.8) is 0 Å². The number of hydrogen-bond donors (Lipinski definition) is 1. The number of aromatic nitrogens is 1. The van der Waals surface area contributed by atoms with Crippen LogP contribution in [-0.4, -0.2) is 23.3 Å². The smallest absolute Gasteiger partial charge is 0.223 e. The van der Waals surface area contributed by atoms with Crippen LogP contribution in [0.3, 0.4) is 0 Å². The number of hydrogen-bond acceptors (Lipinski definition) is 4. The maximum absolute atomic E-state index is 11.5. The van der Waals surface area contributed by atoms with Crippen LogP contribution in [0.25, 0.3) is 11.3 Å². The van der Waals surface area contributed by atoms with Gasteiger partial charge in [-0.1, -0.05) is 6.07 Å². The van der Waals surface area contributed by atoms with Gasteiger partial charge in [-0.3, -0.25) is 9.59 Å². The van der Waals surface area contributed by atoms with Crippen LogP contribution in [0.2, 0.25) is 0 Å². The molecule has 1 aliphatic rings. The number of nitrogens with one attached hydrogen (secondary N) is 1. The molecule has 2 aromatic rings. The second kappa shape index (κ2) is 5.29. The highest BCUT2D eigenvalue weighted by atomic mass is 32.1. The van der Waals surface area contributed by atoms with Crippen molar-refractivity contribution in [2.24, 2.45) is 0 Å². The number of benzene rings is 1. The minimum atomic E-state index is -0.123. The molecule has 2 amide bonds. The second-order valence-corrected chi connectivity index (χ2v) is 5.84. The summed E-state index contributed by atoms with van der Waals surface area (Å²) in [5.74, 6) is -0.0509. The fraction of sp³-hybridized carbons (Fsp3) is 0.267. The van der Waals surface area contributed by atoms with E-state index in [0.717, 1.165) is 35.5 Å². The van der Waals surface area contributed by atoms with E-state index in [0.29, 0.717) is 5.13 Å². The zero-order valence-corrected chi connectivity index (χ0v) is 12.7. The SMILES string of the molecule is CC(=O)Nc1nc(-c2ccc3c(c2)CCN3C(C)=O)cs1. The third kappa shape index (κ3) is 2.67. The van der Waals surface area contributed by atoms with Gasteiger partial charge in [0.2, 0.25) is 11.8 Å². The average molecular weight is 301 g/mol. The summed E-state index contributed by atoms with van der Waals surface area (Å²) in [5.41, 5.74) is 4.00. The predicted octanol–water partition coefficient (Wildman–Crippen LogP) is 2.68. The average Bonchev–Trinajstić information content (AvgIpc) is 3.03. The number of carbonyl (C=O) groups excluding carboxylic acids is 2. The van der Waals surface area contributed by atoms with Crippen molar-refractivity contribution in [3.8, 4) is 11.3 Å². The van der Waals surface area contributed by atoms with Crippen molar-refractivity contribution in [1.29, 1.82) is 0 Å². The molecule has 1 aliphatic heterocycles. The minimum absolute atomic E-state index is 0.0723. The van der Waals surface area contributed by atoms with Crippen LogP contribution in [0.1, 0.15) is 19.4 Å². The van der Waals surface area contributed by atoms with Gasteiger partial charge in [0.25, 0.3) is 0 Å². The third-order valence-electron chi connectivity index (χ3n) is 3.44. The summed E-state index contributed by atoms with van der Waals surface area (Å²) in [5, 5.41) is 5.21. The fourth-order valence-corrected chi connectivity index (χ4v) is 3.27. The fourth-order valence-electron chi connectivity index (χ4n) is 2.50. The van der Waals surface area contributed by atoms with E-state index >= 15 is 0 Å². The Morgan fingerprint density at radius 1 is 1.33 bits per heavy atom. The number of rotatable bonds is 2. The van der Waals surface area contributed by atoms with Crippen molar-refractivity contribution in [1.82, 2.24) is 4.98 Å². The molecule has 0 radical (unpaired) electrons. The molecule has 0 fully saturated rings. The summed E-state index contributed by atoms with van der Waals surface area (Å²) >= 11 is 1.40. The van der Waals surface area contributed by atoms with Gasteiger partial charge in [0.1, 0.15) is 0 Å². The van der Waals surface area contributed by atoms with E-state index in [1.807, 2.05) is 17.5 Å². The normalized spacial score (nSPS) is 13.1. The van der Waals surface area contributed by atoms with Crippen molar-refractivity contribution in [2.45, 2.75) is 20.3 Å². The Kier molecular flexibility index (Phi) is 3.47. The molecule has 5 nitrogen and oxygen atoms in total. The molecule has 0 saturated heterocycles. The van der Waals surface area contributed by atoms with E-state index in [2.05, 4.69) is 16.4 Å². The van der Waals surface area contributed by atoms with Gasteiger partial charge in [-0.05, 0) is 24.1 Å². The molecule has 1 aromatic heterocycles. The number of fused-ring (bicyclic) bond motifs is 1. The molecular weight excluding hydrogens is 286 g/mol. The number of anilines is 2. The van der Waals surface area contributed by atoms with E-state index < -0.39 is 0 Å². The molecule has 3 rings (SSSR count). The van der Waals surface area contributed by atoms with Crippen LogP contribution in [0, 0.1) is 0 Å². The largest absolute Gasteiger partial charge is 0.312 e. The van der Waals surface area contributed by atoms with Crippen LogP contribution in [0.15, 0.2) is 23.6 Å². The lowest BCUT2D eigenvalue weighted by molar-refractivity contribution is -0.116. The lowest BCUT2D eigenvalue weighted by Crippen LogP contribution is -2.25. The molecule has 1 aromatic carbocycles. The number of amides is 2. The molecule has 6 heteroatoms. The van der Waals surface area contributed by atoms with Crippen molar-refractivity contribution < 1.29 is 9.59 Å². The maximum atomic E-state index is 11.5. The Morgan fingerprint density at radius 3 is 2.86 bits per heavy atom. The molecular formula is C15H15N3O2S. The van der Waals surface area contributed by atoms with Crippen molar-refractivity contribution in [3.05, 3.63) is 29.1 Å². The number of carbonyl (C=O) groups is 2. The summed E-state index contributed by atoms with van der Waals surface area (Å²) in [6.07, 6.45) is 0.867. The first-order valence-corrected chi connectivity index (χ1v) is 7.57. The Balaban J connectivity index is 1.89. The lowest BCUT2D eigenvalue weighted by atomic mass is 10.1. The predicted molar refractivity (Wildman–Crippen MR) is 83.6 cm³/mol. The van der Waals surface area contributed by atoms with E-state index in [4.69, 9.17) is 0 Å². The third-order valence-corrected chi connectivity index (χ3v) is 4.20. The molecule has 0 spiro atoms. The zero-order chi connectivity index (χ0) is 15.0. The van der Waals surface area contributed by atoms with Gasteiger partial charge in [-0.15, -0.1) is 11.3 Å². The second-order valence-electron chi connectivity index (χ2n) is 4.98. The van der Waals surface area contributed by atoms with Crippen molar-refractivity contribution >= 4 is 34.0 Å².